The summed E-state index contributed by atoms with van der Waals surface area (Å²) in [5, 5.41) is 0. The van der Waals surface area contributed by atoms with E-state index in [0.717, 1.165) is 36.8 Å². The van der Waals surface area contributed by atoms with Crippen molar-refractivity contribution in [2.24, 2.45) is 0 Å². The van der Waals surface area contributed by atoms with Crippen LogP contribution in [-0.2, 0) is 5.41 Å². The lowest BCUT2D eigenvalue weighted by molar-refractivity contribution is 0.102. The fourth-order valence-corrected chi connectivity index (χ4v) is 4.46. The molecule has 6 heteroatoms. The van der Waals surface area contributed by atoms with E-state index in [4.69, 9.17) is 18.9 Å². The highest BCUT2D eigenvalue weighted by Crippen LogP contribution is 2.49. The number of allylic oxidation sites excluding steroid dienone is 2. The first kappa shape index (κ1) is 33.7. The Morgan fingerprint density at radius 2 is 0.878 bits per heavy atom. The van der Waals surface area contributed by atoms with Crippen molar-refractivity contribution in [2.45, 2.75) is 86.5 Å². The van der Waals surface area contributed by atoms with Crippen LogP contribution in [0.1, 0.15) is 113 Å². The molecular weight excluding hydrogens is 516 g/mol. The number of ketones is 2. The van der Waals surface area contributed by atoms with Crippen molar-refractivity contribution in [1.82, 2.24) is 0 Å². The third-order valence-corrected chi connectivity index (χ3v) is 6.64. The Morgan fingerprint density at radius 3 is 1.15 bits per heavy atom. The fraction of sp³-hybridized carbons (Fsp3) is 0.486. The minimum atomic E-state index is -0.698. The van der Waals surface area contributed by atoms with Gasteiger partial charge in [-0.1, -0.05) is 66.8 Å². The lowest BCUT2D eigenvalue weighted by Crippen LogP contribution is -2.24. The molecule has 0 unspecified atom stereocenters. The molecule has 0 bridgehead atoms. The molecule has 2 aromatic carbocycles. The first-order valence-corrected chi connectivity index (χ1v) is 14.7. The summed E-state index contributed by atoms with van der Waals surface area (Å²) >= 11 is 0. The molecule has 0 saturated carbocycles. The van der Waals surface area contributed by atoms with Gasteiger partial charge in [0.05, 0.1) is 37.6 Å². The summed E-state index contributed by atoms with van der Waals surface area (Å²) in [5.41, 5.74) is 2.66. The van der Waals surface area contributed by atoms with Crippen LogP contribution < -0.4 is 18.9 Å². The van der Waals surface area contributed by atoms with Gasteiger partial charge in [0.2, 0.25) is 0 Å². The number of hydrogen-bond acceptors (Lipinski definition) is 6. The Hall–Kier alpha value is -3.54. The Labute approximate surface area is 246 Å². The summed E-state index contributed by atoms with van der Waals surface area (Å²) in [6, 6.07) is 7.42. The average Bonchev–Trinajstić information content (AvgIpc) is 2.95. The fourth-order valence-electron chi connectivity index (χ4n) is 4.46. The van der Waals surface area contributed by atoms with Crippen molar-refractivity contribution in [2.75, 3.05) is 26.4 Å². The van der Waals surface area contributed by atoms with Gasteiger partial charge in [-0.15, -0.1) is 0 Å². The second-order valence-electron chi connectivity index (χ2n) is 10.9. The van der Waals surface area contributed by atoms with Gasteiger partial charge in [-0.05, 0) is 62.8 Å². The zero-order valence-corrected chi connectivity index (χ0v) is 26.3. The van der Waals surface area contributed by atoms with E-state index < -0.39 is 5.41 Å². The summed E-state index contributed by atoms with van der Waals surface area (Å²) in [6.45, 7) is 25.1. The normalized spacial score (nSPS) is 11.1. The van der Waals surface area contributed by atoms with Crippen LogP contribution in [0.15, 0.2) is 48.6 Å². The molecule has 0 radical (unpaired) electrons. The predicted molar refractivity (Wildman–Crippen MR) is 166 cm³/mol. The summed E-state index contributed by atoms with van der Waals surface area (Å²) in [5.74, 6) is 1.52. The Morgan fingerprint density at radius 1 is 0.585 bits per heavy atom. The van der Waals surface area contributed by atoms with Gasteiger partial charge in [0.15, 0.2) is 34.6 Å². The first-order valence-electron chi connectivity index (χ1n) is 14.7. The number of Topliss-reactive ketones (excluding diaryl/α,β-unsaturated/α-hetero) is 2. The summed E-state index contributed by atoms with van der Waals surface area (Å²) in [4.78, 5) is 26.3. The Bertz CT molecular complexity index is 1160. The highest BCUT2D eigenvalue weighted by atomic mass is 16.5. The standard InChI is InChI=1S/C35H48O6/c1-11-19-38-31-25(29(36)23(5)6)15-17-27(33(31)40-21-13-3)35(9,10)28-18-16-26(30(37)24(7)8)32(39-20-12-2)34(28)41-22-14-4/h15-18H,5,7,11-14,19-22H2,1-4,6,8-10H3. The highest BCUT2D eigenvalue weighted by molar-refractivity contribution is 6.11. The maximum absolute atomic E-state index is 13.1. The second-order valence-corrected chi connectivity index (χ2v) is 10.9. The lowest BCUT2D eigenvalue weighted by atomic mass is 9.75. The van der Waals surface area contributed by atoms with Gasteiger partial charge in [0.1, 0.15) is 0 Å². The molecule has 2 rings (SSSR count). The third-order valence-electron chi connectivity index (χ3n) is 6.64. The van der Waals surface area contributed by atoms with Gasteiger partial charge < -0.3 is 18.9 Å². The van der Waals surface area contributed by atoms with Crippen molar-refractivity contribution in [3.8, 4) is 23.0 Å². The molecule has 224 valence electrons. The van der Waals surface area contributed by atoms with Crippen LogP contribution >= 0.6 is 0 Å². The van der Waals surface area contributed by atoms with Crippen LogP contribution in [0.2, 0.25) is 0 Å². The van der Waals surface area contributed by atoms with E-state index in [1.807, 2.05) is 39.8 Å². The molecule has 0 spiro atoms. The van der Waals surface area contributed by atoms with E-state index in [0.29, 0.717) is 71.7 Å². The molecule has 0 N–H and O–H groups in total. The molecule has 0 aliphatic heterocycles. The van der Waals surface area contributed by atoms with Crippen LogP contribution in [0, 0.1) is 0 Å². The van der Waals surface area contributed by atoms with Crippen molar-refractivity contribution >= 4 is 11.6 Å². The van der Waals surface area contributed by atoms with Crippen LogP contribution in [0.3, 0.4) is 0 Å². The quantitative estimate of drug-likeness (QED) is 0.133. The Balaban J connectivity index is 2.95. The molecule has 6 nitrogen and oxygen atoms in total. The third kappa shape index (κ3) is 7.81. The van der Waals surface area contributed by atoms with E-state index in [2.05, 4.69) is 27.0 Å². The van der Waals surface area contributed by atoms with Crippen molar-refractivity contribution in [3.05, 3.63) is 70.8 Å². The van der Waals surface area contributed by atoms with Gasteiger partial charge in [-0.2, -0.15) is 0 Å². The number of hydrogen-bond donors (Lipinski definition) is 0. The van der Waals surface area contributed by atoms with Crippen LogP contribution in [0.4, 0.5) is 0 Å². The summed E-state index contributed by atoms with van der Waals surface area (Å²) < 4.78 is 25.1. The van der Waals surface area contributed by atoms with E-state index in [-0.39, 0.29) is 11.6 Å². The van der Waals surface area contributed by atoms with Gasteiger partial charge in [0.25, 0.3) is 0 Å². The Kier molecular flexibility index (Phi) is 12.7. The highest BCUT2D eigenvalue weighted by Gasteiger charge is 2.36. The van der Waals surface area contributed by atoms with E-state index >= 15 is 0 Å². The molecule has 0 atom stereocenters. The van der Waals surface area contributed by atoms with Crippen molar-refractivity contribution in [1.29, 1.82) is 0 Å². The number of carbonyl (C=O) groups excluding carboxylic acids is 2. The monoisotopic (exact) mass is 564 g/mol. The molecule has 0 amide bonds. The molecular formula is C35H48O6. The molecule has 0 aliphatic carbocycles. The van der Waals surface area contributed by atoms with Crippen molar-refractivity contribution < 1.29 is 28.5 Å². The second kappa shape index (κ2) is 15.5. The SMILES string of the molecule is C=C(C)C(=O)c1ccc(C(C)(C)c2ccc(C(=O)C(=C)C)c(OCCC)c2OCCC)c(OCCC)c1OCCC. The zero-order valence-electron chi connectivity index (χ0n) is 26.3. The minimum absolute atomic E-state index is 0.188. The van der Waals surface area contributed by atoms with E-state index in [1.165, 1.54) is 0 Å². The molecule has 0 saturated heterocycles. The smallest absolute Gasteiger partial charge is 0.192 e. The molecule has 0 heterocycles. The number of rotatable bonds is 18. The van der Waals surface area contributed by atoms with E-state index in [1.54, 1.807) is 26.0 Å². The van der Waals surface area contributed by atoms with Gasteiger partial charge in [-0.3, -0.25) is 9.59 Å². The van der Waals surface area contributed by atoms with Gasteiger partial charge in [0, 0.05) is 16.5 Å². The minimum Gasteiger partial charge on any atom is -0.489 e. The summed E-state index contributed by atoms with van der Waals surface area (Å²) in [6.07, 6.45) is 3.10. The molecule has 0 aromatic heterocycles. The number of ether oxygens (including phenoxy) is 4. The number of benzene rings is 2. The largest absolute Gasteiger partial charge is 0.489 e. The van der Waals surface area contributed by atoms with Gasteiger partial charge >= 0.3 is 0 Å². The van der Waals surface area contributed by atoms with Crippen LogP contribution in [0.5, 0.6) is 23.0 Å². The van der Waals surface area contributed by atoms with Crippen molar-refractivity contribution in [3.63, 3.8) is 0 Å². The zero-order chi connectivity index (χ0) is 30.7. The molecule has 0 fully saturated rings. The van der Waals surface area contributed by atoms with Crippen LogP contribution in [-0.4, -0.2) is 38.0 Å². The lowest BCUT2D eigenvalue weighted by Gasteiger charge is -2.32. The average molecular weight is 565 g/mol. The molecule has 2 aromatic rings. The number of carbonyl (C=O) groups is 2. The molecule has 41 heavy (non-hydrogen) atoms. The maximum Gasteiger partial charge on any atom is 0.192 e. The van der Waals surface area contributed by atoms with Crippen LogP contribution in [0.25, 0.3) is 0 Å². The topological polar surface area (TPSA) is 71.1 Å². The summed E-state index contributed by atoms with van der Waals surface area (Å²) in [7, 11) is 0. The first-order chi connectivity index (χ1) is 19.5. The molecule has 0 aliphatic rings. The predicted octanol–water partition coefficient (Wildman–Crippen LogP) is 8.69. The van der Waals surface area contributed by atoms with Gasteiger partial charge in [-0.25, -0.2) is 0 Å². The maximum atomic E-state index is 13.1. The van der Waals surface area contributed by atoms with E-state index in [9.17, 15) is 9.59 Å².